The van der Waals surface area contributed by atoms with Crippen LogP contribution in [0.4, 0.5) is 5.69 Å². The maximum atomic E-state index is 12.0. The van der Waals surface area contributed by atoms with Gasteiger partial charge < -0.3 is 14.8 Å². The lowest BCUT2D eigenvalue weighted by Crippen LogP contribution is -2.25. The fraction of sp³-hybridized carbons (Fsp3) is 0.100. The lowest BCUT2D eigenvalue weighted by atomic mass is 10.1. The molecule has 1 heterocycles. The summed E-state index contributed by atoms with van der Waals surface area (Å²) in [4.78, 5) is 12.0. The largest absolute Gasteiger partial charge is 0.454 e. The van der Waals surface area contributed by atoms with E-state index in [1.165, 1.54) is 0 Å². The average Bonchev–Trinajstić information content (AvgIpc) is 3.13. The molecule has 0 fully saturated rings. The van der Waals surface area contributed by atoms with Gasteiger partial charge >= 0.3 is 0 Å². The first-order valence-electron chi connectivity index (χ1n) is 8.33. The highest BCUT2D eigenvalue weighted by Gasteiger charge is 2.15. The Kier molecular flexibility index (Phi) is 4.93. The highest BCUT2D eigenvalue weighted by molar-refractivity contribution is 9.10. The second-order valence-electron chi connectivity index (χ2n) is 5.94. The summed E-state index contributed by atoms with van der Waals surface area (Å²) in [6.07, 6.45) is 1.56. The third kappa shape index (κ3) is 4.03. The summed E-state index contributed by atoms with van der Waals surface area (Å²) in [5.41, 5.74) is 4.17. The molecule has 136 valence electrons. The van der Waals surface area contributed by atoms with Crippen molar-refractivity contribution in [2.75, 3.05) is 18.7 Å². The van der Waals surface area contributed by atoms with Crippen LogP contribution in [-0.2, 0) is 4.79 Å². The summed E-state index contributed by atoms with van der Waals surface area (Å²) in [5.74, 6) is 1.10. The molecule has 0 radical (unpaired) electrons. The van der Waals surface area contributed by atoms with E-state index in [4.69, 9.17) is 9.47 Å². The molecule has 2 N–H and O–H groups in total. The van der Waals surface area contributed by atoms with Gasteiger partial charge in [0.15, 0.2) is 11.5 Å². The minimum Gasteiger partial charge on any atom is -0.454 e. The summed E-state index contributed by atoms with van der Waals surface area (Å²) in [6, 6.07) is 17.7. The van der Waals surface area contributed by atoms with Gasteiger partial charge in [0.25, 0.3) is 5.91 Å². The third-order valence-corrected chi connectivity index (χ3v) is 4.77. The number of hydrogen-bond donors (Lipinski definition) is 2. The van der Waals surface area contributed by atoms with Crippen molar-refractivity contribution in [2.45, 2.75) is 0 Å². The smallest absolute Gasteiger partial charge is 0.259 e. The van der Waals surface area contributed by atoms with E-state index in [2.05, 4.69) is 37.8 Å². The van der Waals surface area contributed by atoms with Crippen molar-refractivity contribution in [1.82, 2.24) is 5.43 Å². The van der Waals surface area contributed by atoms with Gasteiger partial charge in [-0.05, 0) is 51.0 Å². The molecule has 1 amide bonds. The Morgan fingerprint density at radius 2 is 1.85 bits per heavy atom. The standard InChI is InChI=1S/C20H16BrN3O3/c21-17-9-19-18(26-12-27-19)8-15(17)10-23-24-20(25)11-22-16-6-5-13-3-1-2-4-14(13)7-16/h1-10,22H,11-12H2,(H,24,25). The molecule has 1 aliphatic rings. The van der Waals surface area contributed by atoms with Crippen LogP contribution in [0, 0.1) is 0 Å². The van der Waals surface area contributed by atoms with Crippen LogP contribution in [0.2, 0.25) is 0 Å². The van der Waals surface area contributed by atoms with E-state index < -0.39 is 0 Å². The molecule has 0 aromatic heterocycles. The van der Waals surface area contributed by atoms with Crippen LogP contribution >= 0.6 is 15.9 Å². The zero-order chi connectivity index (χ0) is 18.6. The molecule has 0 bridgehead atoms. The average molecular weight is 426 g/mol. The number of anilines is 1. The number of rotatable bonds is 5. The summed E-state index contributed by atoms with van der Waals surface area (Å²) in [7, 11) is 0. The Balaban J connectivity index is 1.33. The molecule has 6 nitrogen and oxygen atoms in total. The Labute approximate surface area is 164 Å². The van der Waals surface area contributed by atoms with Crippen molar-refractivity contribution < 1.29 is 14.3 Å². The lowest BCUT2D eigenvalue weighted by Gasteiger charge is -2.07. The van der Waals surface area contributed by atoms with Gasteiger partial charge in [0.1, 0.15) is 0 Å². The molecule has 0 atom stereocenters. The van der Waals surface area contributed by atoms with E-state index in [0.717, 1.165) is 26.5 Å². The molecule has 3 aromatic carbocycles. The van der Waals surface area contributed by atoms with Gasteiger partial charge in [0.2, 0.25) is 6.79 Å². The van der Waals surface area contributed by atoms with Crippen LogP contribution in [0.25, 0.3) is 10.8 Å². The molecule has 1 aliphatic heterocycles. The van der Waals surface area contributed by atoms with Gasteiger partial charge in [-0.3, -0.25) is 4.79 Å². The van der Waals surface area contributed by atoms with Gasteiger partial charge in [-0.25, -0.2) is 5.43 Å². The molecule has 7 heteroatoms. The van der Waals surface area contributed by atoms with E-state index >= 15 is 0 Å². The number of benzene rings is 3. The van der Waals surface area contributed by atoms with Crippen molar-refractivity contribution >= 4 is 44.5 Å². The molecule has 0 saturated carbocycles. The Bertz CT molecular complexity index is 1040. The van der Waals surface area contributed by atoms with Crippen molar-refractivity contribution in [1.29, 1.82) is 0 Å². The lowest BCUT2D eigenvalue weighted by molar-refractivity contribution is -0.119. The molecular weight excluding hydrogens is 410 g/mol. The molecular formula is C20H16BrN3O3. The van der Waals surface area contributed by atoms with Crippen LogP contribution < -0.4 is 20.2 Å². The molecule has 0 unspecified atom stereocenters. The van der Waals surface area contributed by atoms with Crippen molar-refractivity contribution in [2.24, 2.45) is 5.10 Å². The number of fused-ring (bicyclic) bond motifs is 2. The van der Waals surface area contributed by atoms with Gasteiger partial charge in [0, 0.05) is 15.7 Å². The number of carbonyl (C=O) groups is 1. The zero-order valence-electron chi connectivity index (χ0n) is 14.2. The van der Waals surface area contributed by atoms with Crippen molar-refractivity contribution in [3.63, 3.8) is 0 Å². The normalized spacial score (nSPS) is 12.5. The summed E-state index contributed by atoms with van der Waals surface area (Å²) < 4.78 is 11.4. The minimum atomic E-state index is -0.240. The Morgan fingerprint density at radius 1 is 1.07 bits per heavy atom. The number of nitrogens with zero attached hydrogens (tertiary/aromatic N) is 1. The second-order valence-corrected chi connectivity index (χ2v) is 6.79. The molecule has 0 saturated heterocycles. The first kappa shape index (κ1) is 17.4. The zero-order valence-corrected chi connectivity index (χ0v) is 15.8. The van der Waals surface area contributed by atoms with E-state index in [-0.39, 0.29) is 19.2 Å². The summed E-state index contributed by atoms with van der Waals surface area (Å²) in [6.45, 7) is 0.331. The molecule has 27 heavy (non-hydrogen) atoms. The van der Waals surface area contributed by atoms with E-state index in [1.54, 1.807) is 12.3 Å². The van der Waals surface area contributed by atoms with Crippen molar-refractivity contribution in [3.8, 4) is 11.5 Å². The monoisotopic (exact) mass is 425 g/mol. The summed E-state index contributed by atoms with van der Waals surface area (Å²) >= 11 is 3.45. The third-order valence-electron chi connectivity index (χ3n) is 4.09. The quantitative estimate of drug-likeness (QED) is 0.480. The van der Waals surface area contributed by atoms with E-state index in [0.29, 0.717) is 11.5 Å². The van der Waals surface area contributed by atoms with Crippen LogP contribution in [-0.4, -0.2) is 25.5 Å². The Hall–Kier alpha value is -3.06. The Morgan fingerprint density at radius 3 is 2.70 bits per heavy atom. The predicted molar refractivity (Wildman–Crippen MR) is 108 cm³/mol. The first-order valence-corrected chi connectivity index (χ1v) is 9.12. The minimum absolute atomic E-state index is 0.123. The van der Waals surface area contributed by atoms with Crippen LogP contribution in [0.3, 0.4) is 0 Å². The first-order chi connectivity index (χ1) is 13.2. The number of nitrogens with one attached hydrogen (secondary N) is 2. The van der Waals surface area contributed by atoms with Gasteiger partial charge in [0.05, 0.1) is 12.8 Å². The van der Waals surface area contributed by atoms with Crippen LogP contribution in [0.5, 0.6) is 11.5 Å². The number of halogens is 1. The molecule has 4 rings (SSSR count). The van der Waals surface area contributed by atoms with Gasteiger partial charge in [-0.15, -0.1) is 0 Å². The highest BCUT2D eigenvalue weighted by Crippen LogP contribution is 2.36. The number of hydrogen-bond acceptors (Lipinski definition) is 5. The maximum Gasteiger partial charge on any atom is 0.259 e. The second kappa shape index (κ2) is 7.67. The number of ether oxygens (including phenoxy) is 2. The maximum absolute atomic E-state index is 12.0. The number of carbonyl (C=O) groups excluding carboxylic acids is 1. The van der Waals surface area contributed by atoms with E-state index in [9.17, 15) is 4.79 Å². The highest BCUT2D eigenvalue weighted by atomic mass is 79.9. The molecule has 3 aromatic rings. The fourth-order valence-corrected chi connectivity index (χ4v) is 3.15. The van der Waals surface area contributed by atoms with Gasteiger partial charge in [-0.2, -0.15) is 5.10 Å². The summed E-state index contributed by atoms with van der Waals surface area (Å²) in [5, 5.41) is 9.38. The predicted octanol–water partition coefficient (Wildman–Crippen LogP) is 3.89. The fourth-order valence-electron chi connectivity index (χ4n) is 2.73. The number of amides is 1. The van der Waals surface area contributed by atoms with Crippen molar-refractivity contribution in [3.05, 3.63) is 64.6 Å². The van der Waals surface area contributed by atoms with Gasteiger partial charge in [-0.1, -0.05) is 30.3 Å². The van der Waals surface area contributed by atoms with E-state index in [1.807, 2.05) is 42.5 Å². The topological polar surface area (TPSA) is 72.0 Å². The van der Waals surface area contributed by atoms with Crippen LogP contribution in [0.15, 0.2) is 64.2 Å². The molecule has 0 spiro atoms. The SMILES string of the molecule is O=C(CNc1ccc2ccccc2c1)NN=Cc1cc2c(cc1Br)OCO2. The number of hydrazone groups is 1. The molecule has 0 aliphatic carbocycles. The van der Waals surface area contributed by atoms with Crippen LogP contribution in [0.1, 0.15) is 5.56 Å².